The van der Waals surface area contributed by atoms with Crippen molar-refractivity contribution in [3.05, 3.63) is 72.6 Å². The molecule has 3 aromatic rings. The van der Waals surface area contributed by atoms with Gasteiger partial charge >= 0.3 is 6.36 Å². The molecule has 1 amide bonds. The number of aromatic nitrogens is 2. The van der Waals surface area contributed by atoms with Crippen molar-refractivity contribution in [2.75, 3.05) is 5.32 Å². The summed E-state index contributed by atoms with van der Waals surface area (Å²) in [5.74, 6) is -0.909. The molecular formula is C18H12F3N3O2. The number of carbonyl (C=O) groups is 1. The van der Waals surface area contributed by atoms with Crippen molar-refractivity contribution in [3.63, 3.8) is 0 Å². The quantitative estimate of drug-likeness (QED) is 0.755. The molecule has 8 heteroatoms. The first-order valence-electron chi connectivity index (χ1n) is 7.45. The lowest BCUT2D eigenvalue weighted by atomic mass is 10.1. The number of halogens is 3. The van der Waals surface area contributed by atoms with Crippen LogP contribution in [0, 0.1) is 0 Å². The number of anilines is 1. The number of benzene rings is 1. The Hall–Kier alpha value is -3.42. The predicted octanol–water partition coefficient (Wildman–Crippen LogP) is 4.29. The molecule has 0 aliphatic rings. The summed E-state index contributed by atoms with van der Waals surface area (Å²) in [6.07, 6.45) is -1.73. The van der Waals surface area contributed by atoms with Crippen LogP contribution in [0.3, 0.4) is 0 Å². The second-order valence-corrected chi connectivity index (χ2v) is 5.17. The van der Waals surface area contributed by atoms with Crippen LogP contribution in [0.1, 0.15) is 10.4 Å². The molecule has 0 bridgehead atoms. The molecule has 0 saturated heterocycles. The maximum Gasteiger partial charge on any atom is 0.573 e. The first-order chi connectivity index (χ1) is 12.4. The summed E-state index contributed by atoms with van der Waals surface area (Å²) in [6, 6.07) is 13.4. The summed E-state index contributed by atoms with van der Waals surface area (Å²) in [7, 11) is 0. The van der Waals surface area contributed by atoms with Crippen LogP contribution >= 0.6 is 0 Å². The number of ether oxygens (including phenoxy) is 1. The maximum atomic E-state index is 12.4. The van der Waals surface area contributed by atoms with Crippen LogP contribution in [-0.2, 0) is 0 Å². The van der Waals surface area contributed by atoms with Crippen molar-refractivity contribution in [2.45, 2.75) is 6.36 Å². The fourth-order valence-electron chi connectivity index (χ4n) is 2.20. The summed E-state index contributed by atoms with van der Waals surface area (Å²) in [6.45, 7) is 0. The van der Waals surface area contributed by atoms with E-state index in [1.165, 1.54) is 24.4 Å². The van der Waals surface area contributed by atoms with E-state index in [1.807, 2.05) is 0 Å². The molecule has 0 atom stereocenters. The summed E-state index contributed by atoms with van der Waals surface area (Å²) in [5.41, 5.74) is 1.57. The topological polar surface area (TPSA) is 64.1 Å². The third kappa shape index (κ3) is 4.56. The first-order valence-corrected chi connectivity index (χ1v) is 7.45. The molecule has 0 radical (unpaired) electrons. The first kappa shape index (κ1) is 17.4. The van der Waals surface area contributed by atoms with Crippen molar-refractivity contribution in [2.24, 2.45) is 0 Å². The van der Waals surface area contributed by atoms with Crippen molar-refractivity contribution >= 4 is 11.6 Å². The minimum atomic E-state index is -4.80. The zero-order chi connectivity index (χ0) is 18.6. The monoisotopic (exact) mass is 359 g/mol. The lowest BCUT2D eigenvalue weighted by Crippen LogP contribution is -2.17. The lowest BCUT2D eigenvalue weighted by molar-refractivity contribution is -0.274. The molecule has 0 aliphatic carbocycles. The number of hydrogen-bond acceptors (Lipinski definition) is 4. The van der Waals surface area contributed by atoms with Gasteiger partial charge in [-0.3, -0.25) is 14.8 Å². The van der Waals surface area contributed by atoms with E-state index in [1.54, 1.807) is 30.5 Å². The largest absolute Gasteiger partial charge is 0.573 e. The Morgan fingerprint density at radius 3 is 2.46 bits per heavy atom. The summed E-state index contributed by atoms with van der Waals surface area (Å²) >= 11 is 0. The number of nitrogens with one attached hydrogen (secondary N) is 1. The Morgan fingerprint density at radius 1 is 0.923 bits per heavy atom. The highest BCUT2D eigenvalue weighted by Crippen LogP contribution is 2.25. The van der Waals surface area contributed by atoms with Crippen molar-refractivity contribution < 1.29 is 22.7 Å². The van der Waals surface area contributed by atoms with Crippen molar-refractivity contribution in [1.29, 1.82) is 0 Å². The van der Waals surface area contributed by atoms with Crippen LogP contribution < -0.4 is 10.1 Å². The Kier molecular flexibility index (Phi) is 4.83. The summed E-state index contributed by atoms with van der Waals surface area (Å²) in [5, 5.41) is 2.53. The van der Waals surface area contributed by atoms with E-state index in [0.717, 1.165) is 12.1 Å². The molecule has 3 rings (SSSR count). The second kappa shape index (κ2) is 7.22. The molecule has 2 aromatic heterocycles. The Morgan fingerprint density at radius 2 is 1.73 bits per heavy atom. The molecule has 0 unspecified atom stereocenters. The molecule has 5 nitrogen and oxygen atoms in total. The molecular weight excluding hydrogens is 347 g/mol. The van der Waals surface area contributed by atoms with Gasteiger partial charge in [-0.15, -0.1) is 13.2 Å². The average Bonchev–Trinajstić information content (AvgIpc) is 2.61. The number of rotatable bonds is 4. The second-order valence-electron chi connectivity index (χ2n) is 5.17. The molecule has 0 saturated carbocycles. The van der Waals surface area contributed by atoms with Crippen LogP contribution in [0.25, 0.3) is 11.4 Å². The van der Waals surface area contributed by atoms with Gasteiger partial charge in [0, 0.05) is 29.7 Å². The van der Waals surface area contributed by atoms with Crippen LogP contribution in [-0.4, -0.2) is 22.2 Å². The predicted molar refractivity (Wildman–Crippen MR) is 88.5 cm³/mol. The van der Waals surface area contributed by atoms with E-state index < -0.39 is 18.0 Å². The van der Waals surface area contributed by atoms with E-state index in [-0.39, 0.29) is 5.69 Å². The Balaban J connectivity index is 1.78. The van der Waals surface area contributed by atoms with E-state index in [2.05, 4.69) is 20.0 Å². The van der Waals surface area contributed by atoms with Gasteiger partial charge in [-0.2, -0.15) is 0 Å². The third-order valence-electron chi connectivity index (χ3n) is 3.27. The highest BCUT2D eigenvalue weighted by Gasteiger charge is 2.31. The number of pyridine rings is 2. The molecule has 0 spiro atoms. The molecule has 1 N–H and O–H groups in total. The molecule has 26 heavy (non-hydrogen) atoms. The van der Waals surface area contributed by atoms with E-state index in [4.69, 9.17) is 0 Å². The zero-order valence-corrected chi connectivity index (χ0v) is 13.2. The van der Waals surface area contributed by atoms with Crippen LogP contribution in [0.2, 0.25) is 0 Å². The normalized spacial score (nSPS) is 11.0. The van der Waals surface area contributed by atoms with Crippen LogP contribution in [0.15, 0.2) is 67.0 Å². The minimum absolute atomic E-state index is 0.174. The van der Waals surface area contributed by atoms with Crippen LogP contribution in [0.4, 0.5) is 18.9 Å². The van der Waals surface area contributed by atoms with E-state index in [0.29, 0.717) is 17.0 Å². The smallest absolute Gasteiger partial charge is 0.406 e. The Labute approximate surface area is 146 Å². The SMILES string of the molecule is O=C(Nc1cccc(OC(F)(F)F)c1)c1ccnc(-c2ccccn2)c1. The molecule has 132 valence electrons. The highest BCUT2D eigenvalue weighted by atomic mass is 19.4. The third-order valence-corrected chi connectivity index (χ3v) is 3.27. The summed E-state index contributed by atoms with van der Waals surface area (Å²) in [4.78, 5) is 20.7. The van der Waals surface area contributed by atoms with Gasteiger partial charge in [-0.25, -0.2) is 0 Å². The summed E-state index contributed by atoms with van der Waals surface area (Å²) < 4.78 is 40.7. The standard InChI is InChI=1S/C18H12F3N3O2/c19-18(20,21)26-14-5-3-4-13(11-14)24-17(25)12-7-9-23-16(10-12)15-6-1-2-8-22-15/h1-11H,(H,24,25). The number of hydrogen-bond donors (Lipinski definition) is 1. The van der Waals surface area contributed by atoms with Gasteiger partial charge in [-0.1, -0.05) is 12.1 Å². The molecule has 0 aliphatic heterocycles. The van der Waals surface area contributed by atoms with Crippen molar-refractivity contribution in [1.82, 2.24) is 9.97 Å². The van der Waals surface area contributed by atoms with Gasteiger partial charge in [-0.05, 0) is 36.4 Å². The number of alkyl halides is 3. The van der Waals surface area contributed by atoms with Gasteiger partial charge in [0.1, 0.15) is 5.75 Å². The fraction of sp³-hybridized carbons (Fsp3) is 0.0556. The maximum absolute atomic E-state index is 12.4. The van der Waals surface area contributed by atoms with Gasteiger partial charge in [0.2, 0.25) is 0 Å². The van der Waals surface area contributed by atoms with Crippen LogP contribution in [0.5, 0.6) is 5.75 Å². The highest BCUT2D eigenvalue weighted by molar-refractivity contribution is 6.04. The Bertz CT molecular complexity index is 915. The number of amides is 1. The minimum Gasteiger partial charge on any atom is -0.406 e. The molecule has 0 fully saturated rings. The van der Waals surface area contributed by atoms with Gasteiger partial charge in [0.15, 0.2) is 0 Å². The average molecular weight is 359 g/mol. The van der Waals surface area contributed by atoms with E-state index >= 15 is 0 Å². The van der Waals surface area contributed by atoms with E-state index in [9.17, 15) is 18.0 Å². The fourth-order valence-corrected chi connectivity index (χ4v) is 2.20. The van der Waals surface area contributed by atoms with Gasteiger partial charge in [0.25, 0.3) is 5.91 Å². The van der Waals surface area contributed by atoms with Crippen molar-refractivity contribution in [3.8, 4) is 17.1 Å². The van der Waals surface area contributed by atoms with Gasteiger partial charge in [0.05, 0.1) is 11.4 Å². The number of carbonyl (C=O) groups excluding carboxylic acids is 1. The zero-order valence-electron chi connectivity index (χ0n) is 13.2. The number of nitrogens with zero attached hydrogens (tertiary/aromatic N) is 2. The van der Waals surface area contributed by atoms with Gasteiger partial charge < -0.3 is 10.1 Å². The molecule has 1 aromatic carbocycles. The lowest BCUT2D eigenvalue weighted by Gasteiger charge is -2.11. The molecule has 2 heterocycles.